The van der Waals surface area contributed by atoms with Crippen molar-refractivity contribution in [1.82, 2.24) is 10.3 Å². The largest absolute Gasteiger partial charge is 0.392 e. The molecule has 1 aromatic rings. The van der Waals surface area contributed by atoms with Crippen LogP contribution in [-0.4, -0.2) is 35.7 Å². The second kappa shape index (κ2) is 5.31. The number of anilines is 1. The van der Waals surface area contributed by atoms with E-state index in [1.807, 2.05) is 0 Å². The first kappa shape index (κ1) is 11.5. The Balaban J connectivity index is 2.72. The molecule has 0 saturated heterocycles. The molecular weight excluding hydrogens is 194 g/mol. The van der Waals surface area contributed by atoms with Gasteiger partial charge in [0, 0.05) is 19.8 Å². The van der Waals surface area contributed by atoms with E-state index >= 15 is 0 Å². The molecule has 0 fully saturated rings. The number of aliphatic hydroxyl groups excluding tert-OH is 1. The Bertz CT molecular complexity index is 339. The van der Waals surface area contributed by atoms with Crippen LogP contribution in [0.4, 0.5) is 5.82 Å². The molecule has 1 heterocycles. The van der Waals surface area contributed by atoms with Crippen molar-refractivity contribution in [2.45, 2.75) is 13.0 Å². The topological polar surface area (TPSA) is 74.2 Å². The fourth-order valence-electron chi connectivity index (χ4n) is 1.12. The summed E-state index contributed by atoms with van der Waals surface area (Å²) in [6.07, 6.45) is 1.06. The molecule has 0 radical (unpaired) electrons. The van der Waals surface area contributed by atoms with Crippen molar-refractivity contribution in [3.8, 4) is 0 Å². The lowest BCUT2D eigenvalue weighted by Gasteiger charge is -2.09. The number of nitrogens with zero attached hydrogens (tertiary/aromatic N) is 1. The third kappa shape index (κ3) is 3.21. The Labute approximate surface area is 88.5 Å². The van der Waals surface area contributed by atoms with Crippen LogP contribution in [0.25, 0.3) is 0 Å². The molecule has 0 spiro atoms. The molecule has 0 aliphatic carbocycles. The van der Waals surface area contributed by atoms with Crippen LogP contribution in [0.2, 0.25) is 0 Å². The summed E-state index contributed by atoms with van der Waals surface area (Å²) >= 11 is 0. The number of nitrogens with one attached hydrogen (secondary N) is 2. The molecule has 1 unspecified atom stereocenters. The number of carbonyl (C=O) groups is 1. The van der Waals surface area contributed by atoms with Crippen molar-refractivity contribution in [2.75, 3.05) is 18.9 Å². The van der Waals surface area contributed by atoms with Gasteiger partial charge in [-0.1, -0.05) is 0 Å². The fourth-order valence-corrected chi connectivity index (χ4v) is 1.12. The molecule has 1 aromatic heterocycles. The summed E-state index contributed by atoms with van der Waals surface area (Å²) in [4.78, 5) is 15.6. The quantitative estimate of drug-likeness (QED) is 0.663. The predicted octanol–water partition coefficient (Wildman–Crippen LogP) is 0.234. The van der Waals surface area contributed by atoms with Crippen LogP contribution in [0.3, 0.4) is 0 Å². The molecule has 15 heavy (non-hydrogen) atoms. The van der Waals surface area contributed by atoms with Crippen molar-refractivity contribution in [2.24, 2.45) is 0 Å². The molecule has 0 aliphatic rings. The van der Waals surface area contributed by atoms with E-state index in [4.69, 9.17) is 5.11 Å². The SMILES string of the molecule is CNc1ncccc1C(=O)NCC(C)O. The van der Waals surface area contributed by atoms with Crippen LogP contribution >= 0.6 is 0 Å². The average molecular weight is 209 g/mol. The predicted molar refractivity (Wildman–Crippen MR) is 57.8 cm³/mol. The minimum atomic E-state index is -0.552. The highest BCUT2D eigenvalue weighted by Crippen LogP contribution is 2.09. The van der Waals surface area contributed by atoms with Gasteiger partial charge in [-0.25, -0.2) is 4.98 Å². The Morgan fingerprint density at radius 1 is 1.67 bits per heavy atom. The van der Waals surface area contributed by atoms with E-state index in [-0.39, 0.29) is 12.5 Å². The van der Waals surface area contributed by atoms with E-state index < -0.39 is 6.10 Å². The highest BCUT2D eigenvalue weighted by molar-refractivity contribution is 5.98. The van der Waals surface area contributed by atoms with Crippen molar-refractivity contribution in [3.05, 3.63) is 23.9 Å². The van der Waals surface area contributed by atoms with Gasteiger partial charge in [0.25, 0.3) is 5.91 Å². The van der Waals surface area contributed by atoms with Crippen LogP contribution in [0.5, 0.6) is 0 Å². The highest BCUT2D eigenvalue weighted by Gasteiger charge is 2.10. The first-order valence-corrected chi connectivity index (χ1v) is 4.74. The smallest absolute Gasteiger partial charge is 0.255 e. The number of pyridine rings is 1. The zero-order valence-corrected chi connectivity index (χ0v) is 8.82. The number of amides is 1. The lowest BCUT2D eigenvalue weighted by atomic mass is 10.2. The number of carbonyl (C=O) groups excluding carboxylic acids is 1. The van der Waals surface area contributed by atoms with E-state index in [2.05, 4.69) is 15.6 Å². The molecule has 0 aromatic carbocycles. The summed E-state index contributed by atoms with van der Waals surface area (Å²) < 4.78 is 0. The van der Waals surface area contributed by atoms with Gasteiger partial charge in [0.05, 0.1) is 11.7 Å². The van der Waals surface area contributed by atoms with Gasteiger partial charge < -0.3 is 15.7 Å². The molecular formula is C10H15N3O2. The van der Waals surface area contributed by atoms with E-state index in [0.717, 1.165) is 0 Å². The standard InChI is InChI=1S/C10H15N3O2/c1-7(14)6-13-10(15)8-4-3-5-12-9(8)11-2/h3-5,7,14H,6H2,1-2H3,(H,11,12)(H,13,15). The van der Waals surface area contributed by atoms with Gasteiger partial charge in [0.15, 0.2) is 0 Å². The molecule has 0 bridgehead atoms. The minimum Gasteiger partial charge on any atom is -0.392 e. The number of aliphatic hydroxyl groups is 1. The molecule has 5 nitrogen and oxygen atoms in total. The average Bonchev–Trinajstić information content (AvgIpc) is 2.25. The second-order valence-corrected chi connectivity index (χ2v) is 3.21. The lowest BCUT2D eigenvalue weighted by Crippen LogP contribution is -2.31. The van der Waals surface area contributed by atoms with E-state index in [1.54, 1.807) is 32.3 Å². The Morgan fingerprint density at radius 2 is 2.40 bits per heavy atom. The van der Waals surface area contributed by atoms with Crippen molar-refractivity contribution in [3.63, 3.8) is 0 Å². The molecule has 0 saturated carbocycles. The molecule has 0 aliphatic heterocycles. The zero-order chi connectivity index (χ0) is 11.3. The minimum absolute atomic E-state index is 0.233. The van der Waals surface area contributed by atoms with Gasteiger partial charge >= 0.3 is 0 Å². The van der Waals surface area contributed by atoms with Gasteiger partial charge in [0.2, 0.25) is 0 Å². The maximum Gasteiger partial charge on any atom is 0.255 e. The summed E-state index contributed by atoms with van der Waals surface area (Å²) in [5, 5.41) is 14.5. The molecule has 5 heteroatoms. The van der Waals surface area contributed by atoms with Crippen LogP contribution < -0.4 is 10.6 Å². The Kier molecular flexibility index (Phi) is 4.05. The van der Waals surface area contributed by atoms with Crippen molar-refractivity contribution in [1.29, 1.82) is 0 Å². The van der Waals surface area contributed by atoms with E-state index in [9.17, 15) is 4.79 Å². The van der Waals surface area contributed by atoms with Crippen molar-refractivity contribution >= 4 is 11.7 Å². The fraction of sp³-hybridized carbons (Fsp3) is 0.400. The maximum absolute atomic E-state index is 11.6. The zero-order valence-electron chi connectivity index (χ0n) is 8.82. The van der Waals surface area contributed by atoms with E-state index in [0.29, 0.717) is 11.4 Å². The summed E-state index contributed by atoms with van der Waals surface area (Å²) in [6.45, 7) is 1.85. The van der Waals surface area contributed by atoms with Crippen LogP contribution in [0.1, 0.15) is 17.3 Å². The van der Waals surface area contributed by atoms with Crippen LogP contribution in [0.15, 0.2) is 18.3 Å². The van der Waals surface area contributed by atoms with Crippen molar-refractivity contribution < 1.29 is 9.90 Å². The summed E-state index contributed by atoms with van der Waals surface area (Å²) in [5.74, 6) is 0.286. The first-order valence-electron chi connectivity index (χ1n) is 4.74. The number of hydrogen-bond donors (Lipinski definition) is 3. The summed E-state index contributed by atoms with van der Waals surface area (Å²) in [5.41, 5.74) is 0.473. The third-order valence-corrected chi connectivity index (χ3v) is 1.85. The van der Waals surface area contributed by atoms with E-state index in [1.165, 1.54) is 0 Å². The summed E-state index contributed by atoms with van der Waals surface area (Å²) in [7, 11) is 1.70. The van der Waals surface area contributed by atoms with Gasteiger partial charge in [-0.05, 0) is 19.1 Å². The molecule has 1 atom stereocenters. The van der Waals surface area contributed by atoms with Gasteiger partial charge in [-0.3, -0.25) is 4.79 Å². The molecule has 1 amide bonds. The molecule has 3 N–H and O–H groups in total. The number of rotatable bonds is 4. The normalized spacial score (nSPS) is 11.9. The van der Waals surface area contributed by atoms with Crippen LogP contribution in [0, 0.1) is 0 Å². The molecule has 1 rings (SSSR count). The van der Waals surface area contributed by atoms with Gasteiger partial charge in [-0.2, -0.15) is 0 Å². The third-order valence-electron chi connectivity index (χ3n) is 1.85. The second-order valence-electron chi connectivity index (χ2n) is 3.21. The Hall–Kier alpha value is -1.62. The van der Waals surface area contributed by atoms with Crippen LogP contribution in [-0.2, 0) is 0 Å². The maximum atomic E-state index is 11.6. The summed E-state index contributed by atoms with van der Waals surface area (Å²) in [6, 6.07) is 3.37. The highest BCUT2D eigenvalue weighted by atomic mass is 16.3. The Morgan fingerprint density at radius 3 is 3.00 bits per heavy atom. The van der Waals surface area contributed by atoms with Gasteiger partial charge in [0.1, 0.15) is 5.82 Å². The van der Waals surface area contributed by atoms with Gasteiger partial charge in [-0.15, -0.1) is 0 Å². The lowest BCUT2D eigenvalue weighted by molar-refractivity contribution is 0.0924. The number of hydrogen-bond acceptors (Lipinski definition) is 4. The monoisotopic (exact) mass is 209 g/mol. The number of aromatic nitrogens is 1. The first-order chi connectivity index (χ1) is 7.15. The molecule has 82 valence electrons.